The average Bonchev–Trinajstić information content (AvgIpc) is 2.94. The number of aromatic carboxylic acids is 1. The van der Waals surface area contributed by atoms with E-state index in [1.54, 1.807) is 30.5 Å². The average molecular weight is 349 g/mol. The zero-order valence-corrected chi connectivity index (χ0v) is 12.9. The third kappa shape index (κ3) is 3.36. The molecule has 130 valence electrons. The van der Waals surface area contributed by atoms with Crippen molar-refractivity contribution in [1.82, 2.24) is 10.2 Å². The van der Waals surface area contributed by atoms with Crippen molar-refractivity contribution in [2.45, 2.75) is 13.2 Å². The highest BCUT2D eigenvalue weighted by atomic mass is 19.3. The van der Waals surface area contributed by atoms with E-state index in [1.165, 1.54) is 24.3 Å². The van der Waals surface area contributed by atoms with Crippen LogP contribution in [0.5, 0.6) is 5.75 Å². The maximum atomic E-state index is 12.2. The molecule has 0 aliphatic carbocycles. The summed E-state index contributed by atoms with van der Waals surface area (Å²) in [4.78, 5) is 11.2. The summed E-state index contributed by atoms with van der Waals surface area (Å²) < 4.78 is 28.5. The van der Waals surface area contributed by atoms with Gasteiger partial charge in [0.05, 0.1) is 5.56 Å². The molecule has 0 fully saturated rings. The molecule has 25 heavy (non-hydrogen) atoms. The van der Waals surface area contributed by atoms with Crippen molar-refractivity contribution < 1.29 is 28.6 Å². The maximum absolute atomic E-state index is 12.2. The van der Waals surface area contributed by atoms with E-state index in [9.17, 15) is 18.8 Å². The predicted octanol–water partition coefficient (Wildman–Crippen LogP) is 3.37. The van der Waals surface area contributed by atoms with E-state index in [-0.39, 0.29) is 22.4 Å². The molecule has 0 amide bonds. The molecule has 2 aromatic rings. The van der Waals surface area contributed by atoms with Crippen LogP contribution in [0.2, 0.25) is 0 Å². The summed E-state index contributed by atoms with van der Waals surface area (Å²) in [5.41, 5.74) is 4.36. The van der Waals surface area contributed by atoms with E-state index < -0.39 is 12.6 Å². The van der Waals surface area contributed by atoms with Crippen molar-refractivity contribution in [3.8, 4) is 5.75 Å². The van der Waals surface area contributed by atoms with E-state index in [2.05, 4.69) is 10.3 Å². The smallest absolute Gasteiger partial charge is 0.387 e. The molecular formula is C17H15F2N2O4+. The summed E-state index contributed by atoms with van der Waals surface area (Å²) in [6.07, 6.45) is 3.44. The standard InChI is InChI=1S/C17H14F2N2O4/c18-17(19)25-14-5-1-11(2-6-14)10-21(20-24)8-7-12-3-4-13(16(22)23)9-15(12)21/h1-9,17,20,24H,10H2/p+1. The quantitative estimate of drug-likeness (QED) is 0.550. The number of benzene rings is 2. The number of carbonyl (C=O) groups is 1. The molecule has 1 unspecified atom stereocenters. The van der Waals surface area contributed by atoms with Crippen LogP contribution < -0.4 is 14.9 Å². The van der Waals surface area contributed by atoms with Crippen molar-refractivity contribution in [3.63, 3.8) is 0 Å². The molecule has 0 saturated heterocycles. The van der Waals surface area contributed by atoms with Gasteiger partial charge < -0.3 is 9.84 Å². The zero-order chi connectivity index (χ0) is 18.0. The van der Waals surface area contributed by atoms with Gasteiger partial charge in [0, 0.05) is 23.3 Å². The lowest BCUT2D eigenvalue weighted by molar-refractivity contribution is -0.0498. The molecule has 1 heterocycles. The van der Waals surface area contributed by atoms with Crippen LogP contribution in [0.3, 0.4) is 0 Å². The summed E-state index contributed by atoms with van der Waals surface area (Å²) in [6.45, 7) is -2.66. The molecule has 1 aliphatic rings. The number of nitrogens with one attached hydrogen (secondary N) is 1. The minimum atomic E-state index is -2.90. The number of fused-ring (bicyclic) bond motifs is 1. The van der Waals surface area contributed by atoms with Gasteiger partial charge in [0.2, 0.25) is 0 Å². The Bertz CT molecular complexity index is 824. The number of nitrogens with zero attached hydrogens (tertiary/aromatic N) is 1. The number of hydrogen-bond donors (Lipinski definition) is 3. The Labute approximate surface area is 141 Å². The fourth-order valence-electron chi connectivity index (χ4n) is 2.78. The lowest BCUT2D eigenvalue weighted by atomic mass is 10.1. The van der Waals surface area contributed by atoms with Crippen LogP contribution in [-0.4, -0.2) is 22.9 Å². The molecule has 6 nitrogen and oxygen atoms in total. The van der Waals surface area contributed by atoms with Gasteiger partial charge in [0.15, 0.2) is 5.69 Å². The van der Waals surface area contributed by atoms with Gasteiger partial charge >= 0.3 is 12.6 Å². The lowest BCUT2D eigenvalue weighted by Gasteiger charge is -2.29. The minimum absolute atomic E-state index is 0.0350. The Kier molecular flexibility index (Phi) is 4.49. The summed E-state index contributed by atoms with van der Waals surface area (Å²) in [5.74, 6) is -1.04. The highest BCUT2D eigenvalue weighted by Crippen LogP contribution is 2.36. The molecule has 3 N–H and O–H groups in total. The van der Waals surface area contributed by atoms with Crippen molar-refractivity contribution in [2.24, 2.45) is 0 Å². The van der Waals surface area contributed by atoms with Crippen LogP contribution in [0, 0.1) is 0 Å². The fraction of sp³-hybridized carbons (Fsp3) is 0.118. The number of halogens is 2. The van der Waals surface area contributed by atoms with Crippen LogP contribution in [0.4, 0.5) is 14.5 Å². The summed E-state index contributed by atoms with van der Waals surface area (Å²) >= 11 is 0. The Hall–Kier alpha value is -2.81. The SMILES string of the molecule is O=C(O)c1ccc2c(c1)[N+](Cc1ccc(OC(F)F)cc1)(NO)C=C2. The lowest BCUT2D eigenvalue weighted by Crippen LogP contribution is -2.52. The number of rotatable bonds is 6. The van der Waals surface area contributed by atoms with Gasteiger partial charge in [-0.1, -0.05) is 0 Å². The number of carboxylic acids is 1. The Morgan fingerprint density at radius 3 is 2.52 bits per heavy atom. The number of carboxylic acid groups (broad SMARTS) is 1. The number of ether oxygens (including phenoxy) is 1. The Morgan fingerprint density at radius 1 is 1.20 bits per heavy atom. The first-order valence-corrected chi connectivity index (χ1v) is 7.33. The predicted molar refractivity (Wildman–Crippen MR) is 85.9 cm³/mol. The second-order valence-electron chi connectivity index (χ2n) is 5.54. The molecule has 0 aromatic heterocycles. The van der Waals surface area contributed by atoms with Gasteiger partial charge in [-0.25, -0.2) is 4.79 Å². The van der Waals surface area contributed by atoms with Crippen LogP contribution >= 0.6 is 0 Å². The van der Waals surface area contributed by atoms with Crippen LogP contribution in [0.1, 0.15) is 21.5 Å². The van der Waals surface area contributed by atoms with Crippen LogP contribution in [-0.2, 0) is 6.54 Å². The first-order valence-electron chi connectivity index (χ1n) is 7.33. The molecule has 0 spiro atoms. The molecule has 8 heteroatoms. The summed E-state index contributed by atoms with van der Waals surface area (Å²) in [6, 6.07) is 10.6. The van der Waals surface area contributed by atoms with Crippen molar-refractivity contribution in [3.05, 3.63) is 65.4 Å². The largest absolute Gasteiger partial charge is 0.478 e. The van der Waals surface area contributed by atoms with Gasteiger partial charge in [-0.05, 0) is 42.0 Å². The summed E-state index contributed by atoms with van der Waals surface area (Å²) in [5, 5.41) is 18.9. The van der Waals surface area contributed by atoms with Crippen LogP contribution in [0.25, 0.3) is 6.08 Å². The van der Waals surface area contributed by atoms with Gasteiger partial charge in [-0.15, -0.1) is 0 Å². The van der Waals surface area contributed by atoms with E-state index in [0.717, 1.165) is 11.1 Å². The third-order valence-electron chi connectivity index (χ3n) is 3.97. The Balaban J connectivity index is 1.90. The number of hydrogen-bond acceptors (Lipinski definition) is 4. The maximum Gasteiger partial charge on any atom is 0.387 e. The van der Waals surface area contributed by atoms with Crippen molar-refractivity contribution in [1.29, 1.82) is 0 Å². The van der Waals surface area contributed by atoms with Gasteiger partial charge in [0.25, 0.3) is 0 Å². The first-order chi connectivity index (χ1) is 11.9. The summed E-state index contributed by atoms with van der Waals surface area (Å²) in [7, 11) is 0. The number of quaternary nitrogens is 1. The molecule has 3 rings (SSSR count). The highest BCUT2D eigenvalue weighted by Gasteiger charge is 2.36. The number of alkyl halides is 2. The second kappa shape index (κ2) is 6.60. The van der Waals surface area contributed by atoms with E-state index in [0.29, 0.717) is 5.69 Å². The molecular weight excluding hydrogens is 334 g/mol. The molecule has 1 atom stereocenters. The molecule has 0 saturated carbocycles. The molecule has 1 aliphatic heterocycles. The van der Waals surface area contributed by atoms with Crippen molar-refractivity contribution >= 4 is 17.7 Å². The highest BCUT2D eigenvalue weighted by molar-refractivity contribution is 5.90. The van der Waals surface area contributed by atoms with Gasteiger partial charge in [-0.2, -0.15) is 13.4 Å². The fourth-order valence-corrected chi connectivity index (χ4v) is 2.78. The Morgan fingerprint density at radius 2 is 1.92 bits per heavy atom. The van der Waals surface area contributed by atoms with Crippen molar-refractivity contribution in [2.75, 3.05) is 0 Å². The normalized spacial score (nSPS) is 18.4. The molecule has 2 aromatic carbocycles. The monoisotopic (exact) mass is 349 g/mol. The van der Waals surface area contributed by atoms with Gasteiger partial charge in [0.1, 0.15) is 18.5 Å². The zero-order valence-electron chi connectivity index (χ0n) is 12.9. The second-order valence-corrected chi connectivity index (χ2v) is 5.54. The third-order valence-corrected chi connectivity index (χ3v) is 3.97. The van der Waals surface area contributed by atoms with E-state index in [4.69, 9.17) is 5.11 Å². The van der Waals surface area contributed by atoms with Gasteiger partial charge in [-0.3, -0.25) is 5.21 Å². The van der Waals surface area contributed by atoms with Crippen LogP contribution in [0.15, 0.2) is 48.7 Å². The molecule has 0 bridgehead atoms. The molecule has 0 radical (unpaired) electrons. The van der Waals surface area contributed by atoms with E-state index >= 15 is 0 Å². The minimum Gasteiger partial charge on any atom is -0.478 e. The first kappa shape index (κ1) is 17.0. The topological polar surface area (TPSA) is 78.8 Å². The van der Waals surface area contributed by atoms with E-state index in [1.807, 2.05) is 0 Å².